The van der Waals surface area contributed by atoms with E-state index < -0.39 is 6.04 Å². The number of amides is 2. The Morgan fingerprint density at radius 3 is 2.00 bits per heavy atom. The van der Waals surface area contributed by atoms with E-state index in [-0.39, 0.29) is 18.2 Å². The van der Waals surface area contributed by atoms with Crippen molar-refractivity contribution in [3.8, 4) is 0 Å². The number of carbonyl (C=O) groups excluding carboxylic acids is 2. The van der Waals surface area contributed by atoms with Crippen LogP contribution in [0.15, 0.2) is 78.9 Å². The van der Waals surface area contributed by atoms with E-state index in [1.54, 1.807) is 11.9 Å². The minimum absolute atomic E-state index is 0.0587. The summed E-state index contributed by atoms with van der Waals surface area (Å²) < 4.78 is 0. The standard InChI is InChI=1S/C27H30N2O2/c1-20-14-15-24(16-21(20)2)18-26(30)29(19-23-12-8-5-9-13-23)25(27(31)28-3)17-22-10-6-4-7-11-22/h4-16,25H,17-19H2,1-3H3,(H,28,31)/t25-/m0/s1. The summed E-state index contributed by atoms with van der Waals surface area (Å²) in [6.45, 7) is 4.49. The van der Waals surface area contributed by atoms with Crippen molar-refractivity contribution in [2.75, 3.05) is 7.05 Å². The highest BCUT2D eigenvalue weighted by Gasteiger charge is 2.29. The number of nitrogens with one attached hydrogen (secondary N) is 1. The van der Waals surface area contributed by atoms with Crippen molar-refractivity contribution < 1.29 is 9.59 Å². The number of rotatable bonds is 8. The summed E-state index contributed by atoms with van der Waals surface area (Å²) in [5, 5.41) is 2.75. The highest BCUT2D eigenvalue weighted by Crippen LogP contribution is 2.17. The Morgan fingerprint density at radius 1 is 0.806 bits per heavy atom. The maximum atomic E-state index is 13.5. The molecule has 0 aliphatic carbocycles. The summed E-state index contributed by atoms with van der Waals surface area (Å²) >= 11 is 0. The first-order valence-corrected chi connectivity index (χ1v) is 10.6. The molecule has 4 heteroatoms. The van der Waals surface area contributed by atoms with Gasteiger partial charge in [0.15, 0.2) is 0 Å². The zero-order valence-electron chi connectivity index (χ0n) is 18.5. The molecule has 0 radical (unpaired) electrons. The van der Waals surface area contributed by atoms with Crippen LogP contribution in [0.1, 0.15) is 27.8 Å². The molecule has 3 aromatic rings. The third-order valence-corrected chi connectivity index (χ3v) is 5.64. The lowest BCUT2D eigenvalue weighted by Crippen LogP contribution is -2.50. The minimum atomic E-state index is -0.591. The van der Waals surface area contributed by atoms with E-state index in [0.717, 1.165) is 22.3 Å². The fraction of sp³-hybridized carbons (Fsp3) is 0.259. The van der Waals surface area contributed by atoms with Gasteiger partial charge in [0.1, 0.15) is 6.04 Å². The Hall–Kier alpha value is -3.40. The van der Waals surface area contributed by atoms with Gasteiger partial charge in [-0.1, -0.05) is 78.9 Å². The number of likely N-dealkylation sites (N-methyl/N-ethyl adjacent to an activating group) is 1. The van der Waals surface area contributed by atoms with E-state index in [4.69, 9.17) is 0 Å². The lowest BCUT2D eigenvalue weighted by atomic mass is 10.0. The smallest absolute Gasteiger partial charge is 0.242 e. The molecule has 0 aliphatic rings. The normalized spacial score (nSPS) is 11.6. The average molecular weight is 415 g/mol. The molecule has 4 nitrogen and oxygen atoms in total. The summed E-state index contributed by atoms with van der Waals surface area (Å²) in [4.78, 5) is 28.1. The Labute approximate surface area is 184 Å². The molecule has 0 spiro atoms. The largest absolute Gasteiger partial charge is 0.357 e. The van der Waals surface area contributed by atoms with E-state index in [2.05, 4.69) is 18.3 Å². The predicted molar refractivity (Wildman–Crippen MR) is 125 cm³/mol. The molecule has 2 amide bonds. The third-order valence-electron chi connectivity index (χ3n) is 5.64. The van der Waals surface area contributed by atoms with Crippen LogP contribution in [0.25, 0.3) is 0 Å². The van der Waals surface area contributed by atoms with Crippen LogP contribution < -0.4 is 5.32 Å². The van der Waals surface area contributed by atoms with Crippen molar-refractivity contribution in [1.29, 1.82) is 0 Å². The van der Waals surface area contributed by atoms with Crippen molar-refractivity contribution in [3.63, 3.8) is 0 Å². The molecule has 3 rings (SSSR count). The lowest BCUT2D eigenvalue weighted by Gasteiger charge is -2.31. The fourth-order valence-electron chi connectivity index (χ4n) is 3.69. The Morgan fingerprint density at radius 2 is 1.42 bits per heavy atom. The van der Waals surface area contributed by atoms with Crippen molar-refractivity contribution in [3.05, 3.63) is 107 Å². The molecule has 0 unspecified atom stereocenters. The summed E-state index contributed by atoms with van der Waals surface area (Å²) in [5.74, 6) is -0.218. The Bertz CT molecular complexity index is 1020. The zero-order valence-corrected chi connectivity index (χ0v) is 18.5. The van der Waals surface area contributed by atoms with Crippen LogP contribution in [0.5, 0.6) is 0 Å². The monoisotopic (exact) mass is 414 g/mol. The first-order chi connectivity index (χ1) is 15.0. The molecule has 0 aromatic heterocycles. The molecular formula is C27H30N2O2. The molecule has 0 saturated heterocycles. The molecule has 0 fully saturated rings. The molecule has 3 aromatic carbocycles. The predicted octanol–water partition coefficient (Wildman–Crippen LogP) is 4.23. The van der Waals surface area contributed by atoms with E-state index in [1.165, 1.54) is 5.56 Å². The van der Waals surface area contributed by atoms with Crippen molar-refractivity contribution >= 4 is 11.8 Å². The SMILES string of the molecule is CNC(=O)[C@H](Cc1ccccc1)N(Cc1ccccc1)C(=O)Cc1ccc(C)c(C)c1. The molecule has 0 aliphatic heterocycles. The summed E-state index contributed by atoms with van der Waals surface area (Å²) in [5.41, 5.74) is 5.34. The average Bonchev–Trinajstić information content (AvgIpc) is 2.79. The van der Waals surface area contributed by atoms with Gasteiger partial charge in [0.25, 0.3) is 0 Å². The van der Waals surface area contributed by atoms with Crippen molar-refractivity contribution in [2.24, 2.45) is 0 Å². The molecule has 0 bridgehead atoms. The van der Waals surface area contributed by atoms with Gasteiger partial charge in [-0.3, -0.25) is 9.59 Å². The number of hydrogen-bond donors (Lipinski definition) is 1. The van der Waals surface area contributed by atoms with Crippen LogP contribution in [-0.2, 0) is 29.0 Å². The molecule has 0 heterocycles. The van der Waals surface area contributed by atoms with Gasteiger partial charge in [0.05, 0.1) is 6.42 Å². The number of nitrogens with zero attached hydrogens (tertiary/aromatic N) is 1. The first-order valence-electron chi connectivity index (χ1n) is 10.6. The van der Waals surface area contributed by atoms with Crippen LogP contribution >= 0.6 is 0 Å². The van der Waals surface area contributed by atoms with Crippen LogP contribution in [0, 0.1) is 13.8 Å². The van der Waals surface area contributed by atoms with Gasteiger partial charge in [-0.2, -0.15) is 0 Å². The second kappa shape index (κ2) is 10.6. The molecule has 31 heavy (non-hydrogen) atoms. The van der Waals surface area contributed by atoms with Gasteiger partial charge in [-0.05, 0) is 41.7 Å². The molecule has 0 saturated carbocycles. The Kier molecular flexibility index (Phi) is 7.60. The third kappa shape index (κ3) is 6.05. The highest BCUT2D eigenvalue weighted by atomic mass is 16.2. The van der Waals surface area contributed by atoms with Gasteiger partial charge in [-0.15, -0.1) is 0 Å². The van der Waals surface area contributed by atoms with Gasteiger partial charge < -0.3 is 10.2 Å². The summed E-state index contributed by atoms with van der Waals surface area (Å²) in [7, 11) is 1.62. The molecule has 1 atom stereocenters. The number of carbonyl (C=O) groups is 2. The van der Waals surface area contributed by atoms with Gasteiger partial charge in [0, 0.05) is 20.0 Å². The van der Waals surface area contributed by atoms with Crippen LogP contribution in [0.2, 0.25) is 0 Å². The van der Waals surface area contributed by atoms with E-state index in [0.29, 0.717) is 13.0 Å². The molecular weight excluding hydrogens is 384 g/mol. The van der Waals surface area contributed by atoms with Crippen molar-refractivity contribution in [2.45, 2.75) is 39.3 Å². The van der Waals surface area contributed by atoms with Gasteiger partial charge >= 0.3 is 0 Å². The van der Waals surface area contributed by atoms with Crippen molar-refractivity contribution in [1.82, 2.24) is 10.2 Å². The van der Waals surface area contributed by atoms with Gasteiger partial charge in [0.2, 0.25) is 11.8 Å². The number of benzene rings is 3. The number of hydrogen-bond acceptors (Lipinski definition) is 2. The van der Waals surface area contributed by atoms with Crippen LogP contribution in [0.3, 0.4) is 0 Å². The van der Waals surface area contributed by atoms with Crippen LogP contribution in [0.4, 0.5) is 0 Å². The second-order valence-corrected chi connectivity index (χ2v) is 7.92. The second-order valence-electron chi connectivity index (χ2n) is 7.92. The van der Waals surface area contributed by atoms with Crippen LogP contribution in [-0.4, -0.2) is 29.8 Å². The lowest BCUT2D eigenvalue weighted by molar-refractivity contribution is -0.140. The fourth-order valence-corrected chi connectivity index (χ4v) is 3.69. The molecule has 1 N–H and O–H groups in total. The topological polar surface area (TPSA) is 49.4 Å². The number of aryl methyl sites for hydroxylation is 2. The van der Waals surface area contributed by atoms with E-state index in [1.807, 2.05) is 79.7 Å². The summed E-state index contributed by atoms with van der Waals surface area (Å²) in [6.07, 6.45) is 0.724. The maximum absolute atomic E-state index is 13.5. The van der Waals surface area contributed by atoms with E-state index in [9.17, 15) is 9.59 Å². The highest BCUT2D eigenvalue weighted by molar-refractivity contribution is 5.88. The first kappa shape index (κ1) is 22.3. The summed E-state index contributed by atoms with van der Waals surface area (Å²) in [6, 6.07) is 25.2. The minimum Gasteiger partial charge on any atom is -0.357 e. The van der Waals surface area contributed by atoms with Gasteiger partial charge in [-0.25, -0.2) is 0 Å². The zero-order chi connectivity index (χ0) is 22.2. The quantitative estimate of drug-likeness (QED) is 0.600. The Balaban J connectivity index is 1.92. The van der Waals surface area contributed by atoms with E-state index >= 15 is 0 Å². The molecule has 160 valence electrons. The maximum Gasteiger partial charge on any atom is 0.242 e.